The van der Waals surface area contributed by atoms with E-state index in [2.05, 4.69) is 10.3 Å². The van der Waals surface area contributed by atoms with Crippen LogP contribution in [0.15, 0.2) is 48.7 Å². The number of rotatable bonds is 5. The Kier molecular flexibility index (Phi) is 4.64. The minimum absolute atomic E-state index is 0.0998. The largest absolute Gasteiger partial charge is 0.392 e. The number of aryl methyl sites for hydroxylation is 1. The number of carbonyl (C=O) groups is 1. The summed E-state index contributed by atoms with van der Waals surface area (Å²) in [5.74, 6) is 0.334. The highest BCUT2D eigenvalue weighted by Gasteiger charge is 2.07. The molecule has 19 heavy (non-hydrogen) atoms. The number of hydrogen-bond acceptors (Lipinski definition) is 3. The van der Waals surface area contributed by atoms with Gasteiger partial charge in [0, 0.05) is 18.2 Å². The van der Waals surface area contributed by atoms with E-state index < -0.39 is 0 Å². The van der Waals surface area contributed by atoms with Crippen molar-refractivity contribution >= 4 is 11.7 Å². The Bertz CT molecular complexity index is 541. The topological polar surface area (TPSA) is 62.2 Å². The first-order chi connectivity index (χ1) is 9.29. The van der Waals surface area contributed by atoms with Crippen molar-refractivity contribution in [3.8, 4) is 0 Å². The highest BCUT2D eigenvalue weighted by Crippen LogP contribution is 2.12. The summed E-state index contributed by atoms with van der Waals surface area (Å²) in [6, 6.07) is 13.3. The Balaban J connectivity index is 1.91. The quantitative estimate of drug-likeness (QED) is 0.861. The fourth-order valence-electron chi connectivity index (χ4n) is 1.78. The van der Waals surface area contributed by atoms with Crippen LogP contribution in [0.25, 0.3) is 0 Å². The molecule has 0 saturated carbocycles. The zero-order valence-electron chi connectivity index (χ0n) is 10.5. The van der Waals surface area contributed by atoms with Gasteiger partial charge in [0.1, 0.15) is 5.82 Å². The third-order valence-electron chi connectivity index (χ3n) is 2.80. The monoisotopic (exact) mass is 256 g/mol. The van der Waals surface area contributed by atoms with E-state index in [0.29, 0.717) is 24.2 Å². The molecule has 0 aliphatic rings. The van der Waals surface area contributed by atoms with Crippen LogP contribution >= 0.6 is 0 Å². The van der Waals surface area contributed by atoms with Crippen LogP contribution in [-0.2, 0) is 17.8 Å². The van der Waals surface area contributed by atoms with E-state index in [1.165, 1.54) is 0 Å². The van der Waals surface area contributed by atoms with Gasteiger partial charge in [0.2, 0.25) is 5.91 Å². The van der Waals surface area contributed by atoms with E-state index in [4.69, 9.17) is 5.11 Å². The number of hydrogen-bond donors (Lipinski definition) is 2. The fraction of sp³-hybridized carbons (Fsp3) is 0.200. The maximum atomic E-state index is 11.8. The van der Waals surface area contributed by atoms with Gasteiger partial charge in [0.25, 0.3) is 0 Å². The summed E-state index contributed by atoms with van der Waals surface area (Å²) in [6.45, 7) is -0.137. The molecule has 1 aromatic carbocycles. The Hall–Kier alpha value is -2.20. The molecule has 4 heteroatoms. The number of anilines is 1. The van der Waals surface area contributed by atoms with Gasteiger partial charge in [-0.1, -0.05) is 36.4 Å². The van der Waals surface area contributed by atoms with Crippen LogP contribution in [0.4, 0.5) is 5.82 Å². The van der Waals surface area contributed by atoms with Crippen molar-refractivity contribution in [1.29, 1.82) is 0 Å². The van der Waals surface area contributed by atoms with Crippen LogP contribution < -0.4 is 5.32 Å². The predicted octanol–water partition coefficient (Wildman–Crippen LogP) is 2.15. The Labute approximate surface area is 112 Å². The molecule has 0 aliphatic carbocycles. The predicted molar refractivity (Wildman–Crippen MR) is 73.6 cm³/mol. The van der Waals surface area contributed by atoms with Gasteiger partial charge >= 0.3 is 0 Å². The lowest BCUT2D eigenvalue weighted by atomic mass is 10.1. The lowest BCUT2D eigenvalue weighted by Gasteiger charge is -2.08. The van der Waals surface area contributed by atoms with E-state index >= 15 is 0 Å². The number of nitrogens with one attached hydrogen (secondary N) is 1. The molecular formula is C15H16N2O2. The lowest BCUT2D eigenvalue weighted by Crippen LogP contribution is -2.14. The summed E-state index contributed by atoms with van der Waals surface area (Å²) in [5.41, 5.74) is 1.75. The zero-order valence-corrected chi connectivity index (χ0v) is 10.5. The molecule has 0 bridgehead atoms. The van der Waals surface area contributed by atoms with Crippen molar-refractivity contribution < 1.29 is 9.90 Å². The minimum atomic E-state index is -0.137. The molecule has 1 amide bonds. The average Bonchev–Trinajstić information content (AvgIpc) is 2.47. The summed E-state index contributed by atoms with van der Waals surface area (Å²) >= 11 is 0. The van der Waals surface area contributed by atoms with Crippen LogP contribution in [0.2, 0.25) is 0 Å². The average molecular weight is 256 g/mol. The number of carbonyl (C=O) groups excluding carboxylic acids is 1. The first-order valence-corrected chi connectivity index (χ1v) is 6.18. The molecule has 0 saturated heterocycles. The Morgan fingerprint density at radius 1 is 1.16 bits per heavy atom. The maximum absolute atomic E-state index is 11.8. The van der Waals surface area contributed by atoms with Crippen LogP contribution in [0.5, 0.6) is 0 Å². The van der Waals surface area contributed by atoms with Gasteiger partial charge in [-0.15, -0.1) is 0 Å². The molecule has 0 unspecified atom stereocenters. The standard InChI is InChI=1S/C15H16N2O2/c18-11-13-7-4-10-16-15(13)17-14(19)9-8-12-5-2-1-3-6-12/h1-7,10,18H,8-9,11H2,(H,16,17,19). The smallest absolute Gasteiger partial charge is 0.225 e. The molecule has 1 heterocycles. The number of amides is 1. The molecule has 0 spiro atoms. The number of aliphatic hydroxyl groups is 1. The minimum Gasteiger partial charge on any atom is -0.392 e. The van der Waals surface area contributed by atoms with Crippen molar-refractivity contribution in [2.24, 2.45) is 0 Å². The van der Waals surface area contributed by atoms with E-state index in [1.54, 1.807) is 18.3 Å². The Morgan fingerprint density at radius 2 is 1.95 bits per heavy atom. The second-order valence-corrected chi connectivity index (χ2v) is 4.20. The summed E-state index contributed by atoms with van der Waals surface area (Å²) < 4.78 is 0. The summed E-state index contributed by atoms with van der Waals surface area (Å²) in [7, 11) is 0. The fourth-order valence-corrected chi connectivity index (χ4v) is 1.78. The van der Waals surface area contributed by atoms with Crippen LogP contribution in [-0.4, -0.2) is 16.0 Å². The van der Waals surface area contributed by atoms with Crippen molar-refractivity contribution in [3.63, 3.8) is 0 Å². The zero-order chi connectivity index (χ0) is 13.5. The number of aliphatic hydroxyl groups excluding tert-OH is 1. The highest BCUT2D eigenvalue weighted by molar-refractivity contribution is 5.90. The first-order valence-electron chi connectivity index (χ1n) is 6.18. The molecule has 2 aromatic rings. The van der Waals surface area contributed by atoms with Gasteiger partial charge in [0.15, 0.2) is 0 Å². The number of aromatic nitrogens is 1. The molecule has 0 fully saturated rings. The van der Waals surface area contributed by atoms with E-state index in [-0.39, 0.29) is 12.5 Å². The van der Waals surface area contributed by atoms with E-state index in [9.17, 15) is 4.79 Å². The van der Waals surface area contributed by atoms with Gasteiger partial charge in [0.05, 0.1) is 6.61 Å². The van der Waals surface area contributed by atoms with Crippen molar-refractivity contribution in [2.45, 2.75) is 19.4 Å². The van der Waals surface area contributed by atoms with Crippen LogP contribution in [0.1, 0.15) is 17.5 Å². The molecule has 98 valence electrons. The Morgan fingerprint density at radius 3 is 2.68 bits per heavy atom. The van der Waals surface area contributed by atoms with Gasteiger partial charge in [-0.2, -0.15) is 0 Å². The van der Waals surface area contributed by atoms with Gasteiger partial charge < -0.3 is 10.4 Å². The number of benzene rings is 1. The SMILES string of the molecule is O=C(CCc1ccccc1)Nc1ncccc1CO. The molecule has 4 nitrogen and oxygen atoms in total. The second-order valence-electron chi connectivity index (χ2n) is 4.20. The number of nitrogens with zero attached hydrogens (tertiary/aromatic N) is 1. The van der Waals surface area contributed by atoms with Gasteiger partial charge in [-0.25, -0.2) is 4.98 Å². The summed E-state index contributed by atoms with van der Waals surface area (Å²) in [4.78, 5) is 15.9. The van der Waals surface area contributed by atoms with E-state index in [0.717, 1.165) is 5.56 Å². The van der Waals surface area contributed by atoms with Gasteiger partial charge in [-0.3, -0.25) is 4.79 Å². The van der Waals surface area contributed by atoms with E-state index in [1.807, 2.05) is 30.3 Å². The molecule has 0 atom stereocenters. The van der Waals surface area contributed by atoms with Gasteiger partial charge in [-0.05, 0) is 18.1 Å². The maximum Gasteiger partial charge on any atom is 0.225 e. The van der Waals surface area contributed by atoms with Crippen molar-refractivity contribution in [1.82, 2.24) is 4.98 Å². The molecule has 1 aromatic heterocycles. The van der Waals surface area contributed by atoms with Crippen LogP contribution in [0, 0.1) is 0 Å². The third kappa shape index (κ3) is 3.89. The molecule has 0 aliphatic heterocycles. The summed E-state index contributed by atoms with van der Waals surface area (Å²) in [5, 5.41) is 11.9. The normalized spacial score (nSPS) is 10.2. The molecular weight excluding hydrogens is 240 g/mol. The lowest BCUT2D eigenvalue weighted by molar-refractivity contribution is -0.116. The third-order valence-corrected chi connectivity index (χ3v) is 2.80. The molecule has 2 N–H and O–H groups in total. The van der Waals surface area contributed by atoms with Crippen LogP contribution in [0.3, 0.4) is 0 Å². The summed E-state index contributed by atoms with van der Waals surface area (Å²) in [6.07, 6.45) is 2.67. The highest BCUT2D eigenvalue weighted by atomic mass is 16.3. The van der Waals surface area contributed by atoms with Crippen molar-refractivity contribution in [2.75, 3.05) is 5.32 Å². The number of pyridine rings is 1. The molecule has 2 rings (SSSR count). The molecule has 0 radical (unpaired) electrons. The van der Waals surface area contributed by atoms with Crippen molar-refractivity contribution in [3.05, 3.63) is 59.8 Å². The first kappa shape index (κ1) is 13.2. The second kappa shape index (κ2) is 6.66.